The highest BCUT2D eigenvalue weighted by atomic mass is 32.2. The maximum Gasteiger partial charge on any atom is 0.279 e. The van der Waals surface area contributed by atoms with E-state index in [-0.39, 0.29) is 5.56 Å². The van der Waals surface area contributed by atoms with Gasteiger partial charge in [-0.2, -0.15) is 14.9 Å². The molecular formula is C15H22N6O4S. The second-order valence-electron chi connectivity index (χ2n) is 6.19. The Morgan fingerprint density at radius 2 is 2.15 bits per heavy atom. The summed E-state index contributed by atoms with van der Waals surface area (Å²) in [6.45, 7) is 2.22. The lowest BCUT2D eigenvalue weighted by molar-refractivity contribution is 0.372. The second-order valence-corrected chi connectivity index (χ2v) is 6.89. The molecule has 142 valence electrons. The number of nitrogens with zero attached hydrogens (tertiary/aromatic N) is 4. The third-order valence-corrected chi connectivity index (χ3v) is 4.88. The Kier molecular flexibility index (Phi) is 5.81. The van der Waals surface area contributed by atoms with Crippen molar-refractivity contribution in [1.29, 1.82) is 0 Å². The molecule has 0 bridgehead atoms. The molecule has 2 aromatic heterocycles. The van der Waals surface area contributed by atoms with E-state index in [0.717, 1.165) is 31.7 Å². The van der Waals surface area contributed by atoms with Crippen molar-refractivity contribution in [3.63, 3.8) is 0 Å². The standard InChI is InChI=1S/C15H22N6O4S/c1-20-15(22)13-11(9-17-20)7-12(18-14(13)25-2)21-5-3-10(4-6-21)8-16-19-26(23)24/h7,9-10,16,19H,3-6,8H2,1-2H3,(H,23,24). The molecular weight excluding hydrogens is 360 g/mol. The lowest BCUT2D eigenvalue weighted by atomic mass is 9.97. The van der Waals surface area contributed by atoms with Gasteiger partial charge in [0.15, 0.2) is 0 Å². The monoisotopic (exact) mass is 382 g/mol. The highest BCUT2D eigenvalue weighted by Crippen LogP contribution is 2.28. The van der Waals surface area contributed by atoms with Crippen LogP contribution in [0.25, 0.3) is 10.8 Å². The van der Waals surface area contributed by atoms with Crippen LogP contribution in [0.1, 0.15) is 12.8 Å². The van der Waals surface area contributed by atoms with Gasteiger partial charge in [0.2, 0.25) is 17.1 Å². The maximum absolute atomic E-state index is 12.3. The summed E-state index contributed by atoms with van der Waals surface area (Å²) < 4.78 is 25.9. The van der Waals surface area contributed by atoms with Crippen LogP contribution in [0.3, 0.4) is 0 Å². The smallest absolute Gasteiger partial charge is 0.279 e. The first-order valence-corrected chi connectivity index (χ1v) is 9.35. The molecule has 3 rings (SSSR count). The number of hydrogen-bond acceptors (Lipinski definition) is 7. The molecule has 0 aliphatic carbocycles. The molecule has 0 spiro atoms. The number of fused-ring (bicyclic) bond motifs is 1. The molecule has 1 atom stereocenters. The van der Waals surface area contributed by atoms with E-state index in [4.69, 9.17) is 9.29 Å². The van der Waals surface area contributed by atoms with Gasteiger partial charge in [0, 0.05) is 32.1 Å². The molecule has 0 aromatic carbocycles. The number of aryl methyl sites for hydroxylation is 1. The lowest BCUT2D eigenvalue weighted by Gasteiger charge is -2.33. The molecule has 1 unspecified atom stereocenters. The predicted octanol–water partition coefficient (Wildman–Crippen LogP) is -0.216. The van der Waals surface area contributed by atoms with E-state index in [9.17, 15) is 9.00 Å². The van der Waals surface area contributed by atoms with Gasteiger partial charge in [-0.1, -0.05) is 0 Å². The molecule has 2 aromatic rings. The summed E-state index contributed by atoms with van der Waals surface area (Å²) in [5.41, 5.74) is 2.52. The van der Waals surface area contributed by atoms with E-state index in [1.807, 2.05) is 6.07 Å². The zero-order valence-electron chi connectivity index (χ0n) is 14.6. The topological polar surface area (TPSA) is 122 Å². The Labute approximate surface area is 152 Å². The number of aromatic nitrogens is 3. The molecule has 1 fully saturated rings. The van der Waals surface area contributed by atoms with Gasteiger partial charge < -0.3 is 9.64 Å². The molecule has 0 saturated carbocycles. The highest BCUT2D eigenvalue weighted by Gasteiger charge is 2.22. The Bertz CT molecular complexity index is 865. The number of hydrogen-bond donors (Lipinski definition) is 3. The largest absolute Gasteiger partial charge is 0.480 e. The number of pyridine rings is 1. The number of anilines is 1. The minimum absolute atomic E-state index is 0.239. The van der Waals surface area contributed by atoms with Crippen LogP contribution in [0.15, 0.2) is 17.1 Å². The summed E-state index contributed by atoms with van der Waals surface area (Å²) in [6, 6.07) is 1.86. The van der Waals surface area contributed by atoms with E-state index < -0.39 is 11.3 Å². The van der Waals surface area contributed by atoms with Gasteiger partial charge in [-0.25, -0.2) is 14.3 Å². The van der Waals surface area contributed by atoms with Crippen LogP contribution in [0, 0.1) is 5.92 Å². The van der Waals surface area contributed by atoms with Crippen molar-refractivity contribution in [2.75, 3.05) is 31.6 Å². The third-order valence-electron chi connectivity index (χ3n) is 4.56. The number of methoxy groups -OCH3 is 1. The summed E-state index contributed by atoms with van der Waals surface area (Å²) in [4.78, 5) is 21.2. The first kappa shape index (κ1) is 18.7. The van der Waals surface area contributed by atoms with E-state index in [1.54, 1.807) is 13.2 Å². The number of ether oxygens (including phenoxy) is 1. The van der Waals surface area contributed by atoms with Gasteiger partial charge in [-0.3, -0.25) is 9.35 Å². The normalized spacial score (nSPS) is 16.8. The van der Waals surface area contributed by atoms with E-state index in [1.165, 1.54) is 11.8 Å². The molecule has 0 radical (unpaired) electrons. The van der Waals surface area contributed by atoms with Crippen molar-refractivity contribution < 1.29 is 13.5 Å². The number of nitrogens with one attached hydrogen (secondary N) is 2. The van der Waals surface area contributed by atoms with E-state index in [2.05, 4.69) is 25.2 Å². The highest BCUT2D eigenvalue weighted by molar-refractivity contribution is 7.77. The summed E-state index contributed by atoms with van der Waals surface area (Å²) in [6.07, 6.45) is 3.48. The third kappa shape index (κ3) is 4.01. The van der Waals surface area contributed by atoms with E-state index in [0.29, 0.717) is 29.1 Å². The van der Waals surface area contributed by atoms with Crippen molar-refractivity contribution in [1.82, 2.24) is 25.0 Å². The van der Waals surface area contributed by atoms with Gasteiger partial charge >= 0.3 is 0 Å². The van der Waals surface area contributed by atoms with Gasteiger partial charge in [0.25, 0.3) is 5.56 Å². The molecule has 1 saturated heterocycles. The molecule has 11 heteroatoms. The molecule has 10 nitrogen and oxygen atoms in total. The van der Waals surface area contributed by atoms with Crippen LogP contribution in [0.2, 0.25) is 0 Å². The Morgan fingerprint density at radius 3 is 2.81 bits per heavy atom. The predicted molar refractivity (Wildman–Crippen MR) is 98.2 cm³/mol. The molecule has 1 aliphatic heterocycles. The summed E-state index contributed by atoms with van der Waals surface area (Å²) in [7, 11) is 3.09. The fourth-order valence-electron chi connectivity index (χ4n) is 3.13. The second kappa shape index (κ2) is 8.08. The van der Waals surface area contributed by atoms with Crippen molar-refractivity contribution in [3.05, 3.63) is 22.6 Å². The molecule has 1 aliphatic rings. The van der Waals surface area contributed by atoms with Crippen molar-refractivity contribution in [2.45, 2.75) is 12.8 Å². The first-order chi connectivity index (χ1) is 12.5. The minimum atomic E-state index is -2.06. The number of hydrazine groups is 1. The number of rotatable bonds is 6. The zero-order chi connectivity index (χ0) is 18.7. The van der Waals surface area contributed by atoms with Crippen molar-refractivity contribution in [2.24, 2.45) is 13.0 Å². The van der Waals surface area contributed by atoms with Crippen molar-refractivity contribution in [3.8, 4) is 5.88 Å². The fourth-order valence-corrected chi connectivity index (χ4v) is 3.34. The van der Waals surface area contributed by atoms with Crippen LogP contribution >= 0.6 is 0 Å². The van der Waals surface area contributed by atoms with Crippen molar-refractivity contribution >= 4 is 27.9 Å². The SMILES string of the molecule is COc1nc(N2CCC(CNNS(=O)O)CC2)cc2cnn(C)c(=O)c12. The first-order valence-electron chi connectivity index (χ1n) is 8.25. The molecule has 0 amide bonds. The summed E-state index contributed by atoms with van der Waals surface area (Å²) >= 11 is -2.06. The zero-order valence-corrected chi connectivity index (χ0v) is 15.5. The van der Waals surface area contributed by atoms with Crippen LogP contribution in [-0.4, -0.2) is 50.3 Å². The summed E-state index contributed by atoms with van der Waals surface area (Å²) in [5.74, 6) is 1.46. The Hall–Kier alpha value is -2.08. The van der Waals surface area contributed by atoms with Gasteiger partial charge in [0.1, 0.15) is 11.2 Å². The Balaban J connectivity index is 1.75. The quantitative estimate of drug-likeness (QED) is 0.463. The van der Waals surface area contributed by atoms with Gasteiger partial charge in [0.05, 0.1) is 13.3 Å². The molecule has 3 N–H and O–H groups in total. The number of piperidine rings is 1. The molecule has 3 heterocycles. The summed E-state index contributed by atoms with van der Waals surface area (Å²) in [5, 5.41) is 5.20. The molecule has 26 heavy (non-hydrogen) atoms. The van der Waals surface area contributed by atoms with Crippen LogP contribution in [0.4, 0.5) is 5.82 Å². The van der Waals surface area contributed by atoms with Crippen LogP contribution < -0.4 is 25.5 Å². The lowest BCUT2D eigenvalue weighted by Crippen LogP contribution is -2.41. The fraction of sp³-hybridized carbons (Fsp3) is 0.533. The van der Waals surface area contributed by atoms with Crippen LogP contribution in [-0.2, 0) is 18.3 Å². The van der Waals surface area contributed by atoms with E-state index >= 15 is 0 Å². The van der Waals surface area contributed by atoms with Gasteiger partial charge in [-0.05, 0) is 24.8 Å². The minimum Gasteiger partial charge on any atom is -0.480 e. The average molecular weight is 382 g/mol. The Morgan fingerprint density at radius 1 is 1.42 bits per heavy atom. The maximum atomic E-state index is 12.3. The average Bonchev–Trinajstić information content (AvgIpc) is 2.64. The van der Waals surface area contributed by atoms with Gasteiger partial charge in [-0.15, -0.1) is 0 Å². The van der Waals surface area contributed by atoms with Crippen LogP contribution in [0.5, 0.6) is 5.88 Å².